The molecule has 0 bridgehead atoms. The molecule has 0 radical (unpaired) electrons. The van der Waals surface area contributed by atoms with Crippen LogP contribution in [0.2, 0.25) is 0 Å². The minimum atomic E-state index is -0.941. The summed E-state index contributed by atoms with van der Waals surface area (Å²) in [5.41, 5.74) is -0.865. The first kappa shape index (κ1) is 11.5. The first-order valence-corrected chi connectivity index (χ1v) is 5.21. The highest BCUT2D eigenvalue weighted by atomic mass is 19.1. The molecule has 3 nitrogen and oxygen atoms in total. The van der Waals surface area contributed by atoms with Crippen molar-refractivity contribution in [3.8, 4) is 6.07 Å². The minimum absolute atomic E-state index is 0.0760. The Morgan fingerprint density at radius 3 is 2.76 bits per heavy atom. The van der Waals surface area contributed by atoms with Crippen molar-refractivity contribution < 1.29 is 13.6 Å². The first-order chi connectivity index (χ1) is 8.07. The van der Waals surface area contributed by atoms with E-state index in [1.54, 1.807) is 0 Å². The molecule has 0 unspecified atom stereocenters. The molecule has 1 aliphatic rings. The SMILES string of the molecule is N#CC1(C(=O)NCc2cc(F)ccc2F)CC1. The molecule has 0 atom stereocenters. The fourth-order valence-corrected chi connectivity index (χ4v) is 1.54. The van der Waals surface area contributed by atoms with E-state index in [1.165, 1.54) is 0 Å². The van der Waals surface area contributed by atoms with Gasteiger partial charge in [-0.05, 0) is 31.0 Å². The summed E-state index contributed by atoms with van der Waals surface area (Å²) in [5.74, 6) is -1.55. The van der Waals surface area contributed by atoms with Crippen LogP contribution < -0.4 is 5.32 Å². The lowest BCUT2D eigenvalue weighted by molar-refractivity contribution is -0.124. The molecule has 0 saturated heterocycles. The molecular weight excluding hydrogens is 226 g/mol. The number of carbonyl (C=O) groups excluding carboxylic acids is 1. The van der Waals surface area contributed by atoms with Gasteiger partial charge in [0.05, 0.1) is 6.07 Å². The van der Waals surface area contributed by atoms with Crippen molar-refractivity contribution in [2.75, 3.05) is 0 Å². The Morgan fingerprint density at radius 1 is 1.47 bits per heavy atom. The average Bonchev–Trinajstić information content (AvgIpc) is 3.11. The molecule has 2 rings (SSSR count). The van der Waals surface area contributed by atoms with E-state index in [9.17, 15) is 13.6 Å². The van der Waals surface area contributed by atoms with Crippen molar-refractivity contribution in [3.05, 3.63) is 35.4 Å². The number of amides is 1. The highest BCUT2D eigenvalue weighted by Gasteiger charge is 2.50. The number of nitrogens with one attached hydrogen (secondary N) is 1. The molecule has 1 amide bonds. The van der Waals surface area contributed by atoms with E-state index in [-0.39, 0.29) is 12.1 Å². The van der Waals surface area contributed by atoms with Crippen molar-refractivity contribution in [2.24, 2.45) is 5.41 Å². The molecule has 1 aliphatic carbocycles. The van der Waals surface area contributed by atoms with Gasteiger partial charge in [0, 0.05) is 12.1 Å². The number of nitrogens with zero attached hydrogens (tertiary/aromatic N) is 1. The summed E-state index contributed by atoms with van der Waals surface area (Å²) in [5, 5.41) is 11.2. The zero-order chi connectivity index (χ0) is 12.5. The van der Waals surface area contributed by atoms with Gasteiger partial charge in [-0.25, -0.2) is 8.78 Å². The van der Waals surface area contributed by atoms with Gasteiger partial charge in [0.15, 0.2) is 0 Å². The van der Waals surface area contributed by atoms with Crippen molar-refractivity contribution >= 4 is 5.91 Å². The van der Waals surface area contributed by atoms with Crippen molar-refractivity contribution in [3.63, 3.8) is 0 Å². The number of carbonyl (C=O) groups is 1. The van der Waals surface area contributed by atoms with Gasteiger partial charge in [-0.2, -0.15) is 5.26 Å². The Kier molecular flexibility index (Phi) is 2.80. The van der Waals surface area contributed by atoms with Crippen LogP contribution >= 0.6 is 0 Å². The van der Waals surface area contributed by atoms with Crippen LogP contribution in [0, 0.1) is 28.4 Å². The summed E-state index contributed by atoms with van der Waals surface area (Å²) in [6, 6.07) is 4.98. The normalized spacial score (nSPS) is 16.1. The van der Waals surface area contributed by atoms with Gasteiger partial charge < -0.3 is 5.32 Å². The van der Waals surface area contributed by atoms with Crippen LogP contribution in [-0.4, -0.2) is 5.91 Å². The van der Waals surface area contributed by atoms with E-state index >= 15 is 0 Å². The smallest absolute Gasteiger partial charge is 0.240 e. The van der Waals surface area contributed by atoms with E-state index < -0.39 is 23.0 Å². The van der Waals surface area contributed by atoms with Gasteiger partial charge >= 0.3 is 0 Å². The summed E-state index contributed by atoms with van der Waals surface area (Å²) < 4.78 is 26.1. The quantitative estimate of drug-likeness (QED) is 0.871. The third-order valence-electron chi connectivity index (χ3n) is 2.85. The minimum Gasteiger partial charge on any atom is -0.351 e. The molecule has 17 heavy (non-hydrogen) atoms. The van der Waals surface area contributed by atoms with Crippen LogP contribution in [0.1, 0.15) is 18.4 Å². The second-order valence-corrected chi connectivity index (χ2v) is 4.11. The number of hydrogen-bond acceptors (Lipinski definition) is 2. The zero-order valence-corrected chi connectivity index (χ0v) is 8.96. The molecule has 1 saturated carbocycles. The average molecular weight is 236 g/mol. The van der Waals surface area contributed by atoms with Gasteiger partial charge in [-0.3, -0.25) is 4.79 Å². The maximum atomic E-state index is 13.2. The monoisotopic (exact) mass is 236 g/mol. The predicted octanol–water partition coefficient (Wildman–Crippen LogP) is 1.88. The molecule has 0 aliphatic heterocycles. The van der Waals surface area contributed by atoms with Gasteiger partial charge in [0.1, 0.15) is 17.0 Å². The Bertz CT molecular complexity index is 504. The van der Waals surface area contributed by atoms with Crippen LogP contribution in [0.3, 0.4) is 0 Å². The van der Waals surface area contributed by atoms with E-state index in [1.807, 2.05) is 6.07 Å². The number of rotatable bonds is 3. The Hall–Kier alpha value is -1.96. The predicted molar refractivity (Wildman–Crippen MR) is 55.5 cm³/mol. The van der Waals surface area contributed by atoms with Gasteiger partial charge in [0.25, 0.3) is 0 Å². The summed E-state index contributed by atoms with van der Waals surface area (Å²) in [6.45, 7) is -0.105. The van der Waals surface area contributed by atoms with E-state index in [0.717, 1.165) is 18.2 Å². The zero-order valence-electron chi connectivity index (χ0n) is 8.96. The number of halogens is 2. The molecular formula is C12H10F2N2O. The van der Waals surface area contributed by atoms with Crippen LogP contribution in [0.5, 0.6) is 0 Å². The van der Waals surface area contributed by atoms with Gasteiger partial charge in [-0.15, -0.1) is 0 Å². The Morgan fingerprint density at radius 2 is 2.18 bits per heavy atom. The number of nitriles is 1. The molecule has 1 aromatic carbocycles. The van der Waals surface area contributed by atoms with Gasteiger partial charge in [0.2, 0.25) is 5.91 Å². The Labute approximate surface area is 97.1 Å². The Balaban J connectivity index is 2.01. The largest absolute Gasteiger partial charge is 0.351 e. The number of benzene rings is 1. The lowest BCUT2D eigenvalue weighted by atomic mass is 10.1. The van der Waals surface area contributed by atoms with Crippen LogP contribution in [0.15, 0.2) is 18.2 Å². The standard InChI is InChI=1S/C12H10F2N2O/c13-9-1-2-10(14)8(5-9)6-16-11(17)12(7-15)3-4-12/h1-2,5H,3-4,6H2,(H,16,17). The van der Waals surface area contributed by atoms with Crippen LogP contribution in [0.25, 0.3) is 0 Å². The summed E-state index contributed by atoms with van der Waals surface area (Å²) in [4.78, 5) is 11.6. The third kappa shape index (κ3) is 2.26. The summed E-state index contributed by atoms with van der Waals surface area (Å²) in [6.07, 6.45) is 1.06. The van der Waals surface area contributed by atoms with Crippen molar-refractivity contribution in [1.29, 1.82) is 5.26 Å². The summed E-state index contributed by atoms with van der Waals surface area (Å²) >= 11 is 0. The maximum absolute atomic E-state index is 13.2. The summed E-state index contributed by atoms with van der Waals surface area (Å²) in [7, 11) is 0. The fraction of sp³-hybridized carbons (Fsp3) is 0.333. The topological polar surface area (TPSA) is 52.9 Å². The van der Waals surface area contributed by atoms with Crippen LogP contribution in [-0.2, 0) is 11.3 Å². The highest BCUT2D eigenvalue weighted by Crippen LogP contribution is 2.45. The second-order valence-electron chi connectivity index (χ2n) is 4.11. The fourth-order valence-electron chi connectivity index (χ4n) is 1.54. The molecule has 1 N–H and O–H groups in total. The van der Waals surface area contributed by atoms with Gasteiger partial charge in [-0.1, -0.05) is 0 Å². The lowest BCUT2D eigenvalue weighted by Crippen LogP contribution is -2.31. The highest BCUT2D eigenvalue weighted by molar-refractivity contribution is 5.88. The van der Waals surface area contributed by atoms with Crippen molar-refractivity contribution in [1.82, 2.24) is 5.32 Å². The molecule has 1 aromatic rings. The molecule has 0 aromatic heterocycles. The number of hydrogen-bond donors (Lipinski definition) is 1. The maximum Gasteiger partial charge on any atom is 0.240 e. The second kappa shape index (κ2) is 4.13. The molecule has 0 spiro atoms. The van der Waals surface area contributed by atoms with Crippen molar-refractivity contribution in [2.45, 2.75) is 19.4 Å². The van der Waals surface area contributed by atoms with Crippen LogP contribution in [0.4, 0.5) is 8.78 Å². The lowest BCUT2D eigenvalue weighted by Gasteiger charge is -2.08. The molecule has 5 heteroatoms. The first-order valence-electron chi connectivity index (χ1n) is 5.21. The molecule has 0 heterocycles. The van der Waals surface area contributed by atoms with E-state index in [2.05, 4.69) is 5.32 Å². The molecule has 1 fully saturated rings. The van der Waals surface area contributed by atoms with E-state index in [0.29, 0.717) is 12.8 Å². The van der Waals surface area contributed by atoms with E-state index in [4.69, 9.17) is 5.26 Å². The molecule has 88 valence electrons. The third-order valence-corrected chi connectivity index (χ3v) is 2.85.